The molecular formula is C11H13ClN2O3. The first-order valence-electron chi connectivity index (χ1n) is 4.89. The number of benzene rings is 1. The predicted molar refractivity (Wildman–Crippen MR) is 64.8 cm³/mol. The van der Waals surface area contributed by atoms with Crippen LogP contribution in [-0.4, -0.2) is 25.0 Å². The maximum atomic E-state index is 11.8. The van der Waals surface area contributed by atoms with Crippen molar-refractivity contribution in [1.82, 2.24) is 5.32 Å². The standard InChI is InChI=1S/C11H13ClN2O3/c1-6(11(16)17-2)14-10(15)8-5-7(12)3-4-9(8)13/h3-6H,13H2,1-2H3,(H,14,15). The molecule has 0 bridgehead atoms. The summed E-state index contributed by atoms with van der Waals surface area (Å²) in [6.07, 6.45) is 0. The molecule has 17 heavy (non-hydrogen) atoms. The summed E-state index contributed by atoms with van der Waals surface area (Å²) in [6.45, 7) is 1.52. The summed E-state index contributed by atoms with van der Waals surface area (Å²) in [7, 11) is 1.25. The monoisotopic (exact) mass is 256 g/mol. The fraction of sp³-hybridized carbons (Fsp3) is 0.273. The second-order valence-electron chi connectivity index (χ2n) is 3.45. The van der Waals surface area contributed by atoms with Crippen molar-refractivity contribution in [1.29, 1.82) is 0 Å². The zero-order valence-electron chi connectivity index (χ0n) is 9.49. The van der Waals surface area contributed by atoms with E-state index >= 15 is 0 Å². The second-order valence-corrected chi connectivity index (χ2v) is 3.89. The third kappa shape index (κ3) is 3.35. The van der Waals surface area contributed by atoms with Crippen molar-refractivity contribution in [2.24, 2.45) is 0 Å². The normalized spacial score (nSPS) is 11.7. The zero-order valence-corrected chi connectivity index (χ0v) is 10.2. The minimum absolute atomic E-state index is 0.230. The molecule has 0 saturated carbocycles. The van der Waals surface area contributed by atoms with Gasteiger partial charge in [0.05, 0.1) is 12.7 Å². The van der Waals surface area contributed by atoms with Crippen molar-refractivity contribution < 1.29 is 14.3 Å². The molecule has 1 atom stereocenters. The zero-order chi connectivity index (χ0) is 13.0. The minimum atomic E-state index is -0.745. The molecule has 3 N–H and O–H groups in total. The van der Waals surface area contributed by atoms with Crippen LogP contribution in [0, 0.1) is 0 Å². The van der Waals surface area contributed by atoms with E-state index in [0.717, 1.165) is 0 Å². The lowest BCUT2D eigenvalue weighted by molar-refractivity contribution is -0.142. The summed E-state index contributed by atoms with van der Waals surface area (Å²) in [6, 6.07) is 3.80. The number of methoxy groups -OCH3 is 1. The van der Waals surface area contributed by atoms with E-state index in [1.807, 2.05) is 0 Å². The molecule has 1 amide bonds. The van der Waals surface area contributed by atoms with Crippen LogP contribution in [0.2, 0.25) is 5.02 Å². The van der Waals surface area contributed by atoms with Crippen LogP contribution in [-0.2, 0) is 9.53 Å². The summed E-state index contributed by atoms with van der Waals surface area (Å²) >= 11 is 5.76. The quantitative estimate of drug-likeness (QED) is 0.629. The number of amides is 1. The van der Waals surface area contributed by atoms with E-state index in [2.05, 4.69) is 10.1 Å². The number of ether oxygens (including phenoxy) is 1. The van der Waals surface area contributed by atoms with Crippen LogP contribution in [0.4, 0.5) is 5.69 Å². The molecule has 1 rings (SSSR count). The van der Waals surface area contributed by atoms with E-state index in [1.165, 1.54) is 26.2 Å². The van der Waals surface area contributed by atoms with E-state index in [9.17, 15) is 9.59 Å². The smallest absolute Gasteiger partial charge is 0.328 e. The molecule has 0 spiro atoms. The summed E-state index contributed by atoms with van der Waals surface area (Å²) in [5, 5.41) is 2.86. The van der Waals surface area contributed by atoms with E-state index < -0.39 is 17.9 Å². The number of rotatable bonds is 3. The maximum Gasteiger partial charge on any atom is 0.328 e. The highest BCUT2D eigenvalue weighted by molar-refractivity contribution is 6.31. The van der Waals surface area contributed by atoms with E-state index in [-0.39, 0.29) is 5.56 Å². The van der Waals surface area contributed by atoms with Crippen molar-refractivity contribution in [2.45, 2.75) is 13.0 Å². The molecule has 0 heterocycles. The van der Waals surface area contributed by atoms with Crippen molar-refractivity contribution in [3.8, 4) is 0 Å². The first-order valence-corrected chi connectivity index (χ1v) is 5.27. The van der Waals surface area contributed by atoms with Gasteiger partial charge in [-0.2, -0.15) is 0 Å². The molecule has 1 aromatic carbocycles. The lowest BCUT2D eigenvalue weighted by atomic mass is 10.1. The number of nitrogen functional groups attached to an aromatic ring is 1. The molecule has 1 unspecified atom stereocenters. The molecular weight excluding hydrogens is 244 g/mol. The summed E-state index contributed by atoms with van der Waals surface area (Å²) < 4.78 is 4.49. The molecule has 0 aromatic heterocycles. The highest BCUT2D eigenvalue weighted by Gasteiger charge is 2.18. The third-order valence-corrected chi connectivity index (χ3v) is 2.40. The Hall–Kier alpha value is -1.75. The van der Waals surface area contributed by atoms with Gasteiger partial charge in [0.2, 0.25) is 0 Å². The number of halogens is 1. The third-order valence-electron chi connectivity index (χ3n) is 2.16. The van der Waals surface area contributed by atoms with E-state index in [4.69, 9.17) is 17.3 Å². The van der Waals surface area contributed by atoms with Crippen LogP contribution in [0.1, 0.15) is 17.3 Å². The molecule has 0 aliphatic carbocycles. The van der Waals surface area contributed by atoms with Crippen LogP contribution < -0.4 is 11.1 Å². The van der Waals surface area contributed by atoms with E-state index in [1.54, 1.807) is 6.07 Å². The van der Waals surface area contributed by atoms with Gasteiger partial charge in [-0.05, 0) is 25.1 Å². The highest BCUT2D eigenvalue weighted by atomic mass is 35.5. The fourth-order valence-electron chi connectivity index (χ4n) is 1.24. The molecule has 92 valence electrons. The van der Waals surface area contributed by atoms with Crippen molar-refractivity contribution in [2.75, 3.05) is 12.8 Å². The number of hydrogen-bond donors (Lipinski definition) is 2. The van der Waals surface area contributed by atoms with Gasteiger partial charge in [0.15, 0.2) is 0 Å². The van der Waals surface area contributed by atoms with E-state index in [0.29, 0.717) is 10.7 Å². The average Bonchev–Trinajstić information content (AvgIpc) is 2.30. The number of anilines is 1. The van der Waals surface area contributed by atoms with Gasteiger partial charge >= 0.3 is 5.97 Å². The SMILES string of the molecule is COC(=O)C(C)NC(=O)c1cc(Cl)ccc1N. The van der Waals surface area contributed by atoms with Crippen LogP contribution in [0.15, 0.2) is 18.2 Å². The Balaban J connectivity index is 2.83. The van der Waals surface area contributed by atoms with Gasteiger partial charge in [0.1, 0.15) is 6.04 Å². The Morgan fingerprint density at radius 1 is 1.47 bits per heavy atom. The Bertz CT molecular complexity index is 448. The van der Waals surface area contributed by atoms with Crippen LogP contribution >= 0.6 is 11.6 Å². The summed E-state index contributed by atoms with van der Waals surface area (Å²) in [5.41, 5.74) is 6.16. The number of esters is 1. The Morgan fingerprint density at radius 2 is 2.12 bits per heavy atom. The Kier molecular flexibility index (Phi) is 4.34. The average molecular weight is 257 g/mol. The van der Waals surface area contributed by atoms with Crippen LogP contribution in [0.3, 0.4) is 0 Å². The first kappa shape index (κ1) is 13.3. The van der Waals surface area contributed by atoms with Crippen molar-refractivity contribution in [3.63, 3.8) is 0 Å². The van der Waals surface area contributed by atoms with Crippen LogP contribution in [0.5, 0.6) is 0 Å². The van der Waals surface area contributed by atoms with Gasteiger partial charge in [-0.1, -0.05) is 11.6 Å². The molecule has 0 fully saturated rings. The minimum Gasteiger partial charge on any atom is -0.467 e. The maximum absolute atomic E-state index is 11.8. The van der Waals surface area contributed by atoms with Crippen molar-refractivity contribution >= 4 is 29.2 Å². The number of nitrogens with two attached hydrogens (primary N) is 1. The molecule has 0 saturated heterocycles. The lowest BCUT2D eigenvalue weighted by Gasteiger charge is -2.12. The topological polar surface area (TPSA) is 81.4 Å². The highest BCUT2D eigenvalue weighted by Crippen LogP contribution is 2.17. The number of hydrogen-bond acceptors (Lipinski definition) is 4. The summed E-state index contributed by atoms with van der Waals surface area (Å²) in [4.78, 5) is 22.9. The van der Waals surface area contributed by atoms with Crippen LogP contribution in [0.25, 0.3) is 0 Å². The van der Waals surface area contributed by atoms with Gasteiger partial charge < -0.3 is 15.8 Å². The lowest BCUT2D eigenvalue weighted by Crippen LogP contribution is -2.39. The molecule has 6 heteroatoms. The second kappa shape index (κ2) is 5.54. The van der Waals surface area contributed by atoms with Gasteiger partial charge in [0.25, 0.3) is 5.91 Å². The molecule has 0 radical (unpaired) electrons. The number of nitrogens with one attached hydrogen (secondary N) is 1. The van der Waals surface area contributed by atoms with Gasteiger partial charge in [0, 0.05) is 10.7 Å². The fourth-order valence-corrected chi connectivity index (χ4v) is 1.41. The van der Waals surface area contributed by atoms with Gasteiger partial charge in [-0.25, -0.2) is 4.79 Å². The Labute approximate surface area is 104 Å². The first-order chi connectivity index (χ1) is 7.95. The Morgan fingerprint density at radius 3 is 2.71 bits per heavy atom. The largest absolute Gasteiger partial charge is 0.467 e. The summed E-state index contributed by atoms with van der Waals surface area (Å²) in [5.74, 6) is -0.998. The predicted octanol–water partition coefficient (Wildman–Crippen LogP) is 1.21. The number of carbonyl (C=O) groups excluding carboxylic acids is 2. The molecule has 1 aromatic rings. The number of carbonyl (C=O) groups is 2. The molecule has 5 nitrogen and oxygen atoms in total. The van der Waals surface area contributed by atoms with Gasteiger partial charge in [-0.15, -0.1) is 0 Å². The van der Waals surface area contributed by atoms with Gasteiger partial charge in [-0.3, -0.25) is 4.79 Å². The van der Waals surface area contributed by atoms with Crippen molar-refractivity contribution in [3.05, 3.63) is 28.8 Å². The molecule has 0 aliphatic heterocycles. The molecule has 0 aliphatic rings.